The quantitative estimate of drug-likeness (QED) is 0.790. The Kier molecular flexibility index (Phi) is 6.97. The second-order valence-corrected chi connectivity index (χ2v) is 7.00. The number of carbonyl (C=O) groups is 1. The highest BCUT2D eigenvalue weighted by Crippen LogP contribution is 2.25. The van der Waals surface area contributed by atoms with Crippen molar-refractivity contribution >= 4 is 5.91 Å². The fraction of sp³-hybridized carbons (Fsp3) is 0.941. The number of aliphatic hydroxyl groups is 1. The molecule has 1 saturated heterocycles. The molecule has 1 heterocycles. The van der Waals surface area contributed by atoms with Crippen LogP contribution in [0, 0.1) is 11.8 Å². The van der Waals surface area contributed by atoms with Gasteiger partial charge < -0.3 is 15.3 Å². The molecule has 4 heteroatoms. The first-order valence-electron chi connectivity index (χ1n) is 8.78. The molecule has 2 fully saturated rings. The Morgan fingerprint density at radius 3 is 2.62 bits per heavy atom. The molecule has 2 unspecified atom stereocenters. The summed E-state index contributed by atoms with van der Waals surface area (Å²) >= 11 is 0. The van der Waals surface area contributed by atoms with Crippen molar-refractivity contribution in [3.63, 3.8) is 0 Å². The van der Waals surface area contributed by atoms with Crippen LogP contribution >= 0.6 is 0 Å². The number of nitrogens with zero attached hydrogens (tertiary/aromatic N) is 1. The molecule has 0 aromatic heterocycles. The summed E-state index contributed by atoms with van der Waals surface area (Å²) in [5.41, 5.74) is 0. The van der Waals surface area contributed by atoms with Gasteiger partial charge in [-0.1, -0.05) is 19.3 Å². The van der Waals surface area contributed by atoms with Gasteiger partial charge in [0.2, 0.25) is 5.91 Å². The zero-order chi connectivity index (χ0) is 15.1. The second kappa shape index (κ2) is 8.74. The summed E-state index contributed by atoms with van der Waals surface area (Å²) in [7, 11) is 0. The first-order valence-corrected chi connectivity index (χ1v) is 8.78. The van der Waals surface area contributed by atoms with Crippen molar-refractivity contribution in [2.75, 3.05) is 26.2 Å². The summed E-state index contributed by atoms with van der Waals surface area (Å²) in [6.45, 7) is 4.78. The molecule has 0 bridgehead atoms. The van der Waals surface area contributed by atoms with Gasteiger partial charge in [0.15, 0.2) is 0 Å². The van der Waals surface area contributed by atoms with Crippen LogP contribution in [-0.4, -0.2) is 48.2 Å². The van der Waals surface area contributed by atoms with Crippen LogP contribution in [0.5, 0.6) is 0 Å². The number of piperidine rings is 1. The summed E-state index contributed by atoms with van der Waals surface area (Å²) < 4.78 is 0. The summed E-state index contributed by atoms with van der Waals surface area (Å²) in [5, 5.41) is 12.7. The van der Waals surface area contributed by atoms with Crippen molar-refractivity contribution in [1.29, 1.82) is 0 Å². The Bertz CT molecular complexity index is 316. The van der Waals surface area contributed by atoms with Gasteiger partial charge >= 0.3 is 0 Å². The highest BCUT2D eigenvalue weighted by Gasteiger charge is 2.28. The molecule has 1 amide bonds. The first kappa shape index (κ1) is 16.8. The van der Waals surface area contributed by atoms with Crippen LogP contribution in [0.15, 0.2) is 0 Å². The van der Waals surface area contributed by atoms with Crippen molar-refractivity contribution in [3.05, 3.63) is 0 Å². The summed E-state index contributed by atoms with van der Waals surface area (Å²) in [6.07, 6.45) is 9.94. The third-order valence-electron chi connectivity index (χ3n) is 5.17. The lowest BCUT2D eigenvalue weighted by molar-refractivity contribution is -0.131. The van der Waals surface area contributed by atoms with E-state index in [-0.39, 0.29) is 12.5 Å². The van der Waals surface area contributed by atoms with Crippen LogP contribution in [0.4, 0.5) is 0 Å². The number of aliphatic hydroxyl groups excluding tert-OH is 1. The van der Waals surface area contributed by atoms with Crippen molar-refractivity contribution < 1.29 is 9.90 Å². The second-order valence-electron chi connectivity index (χ2n) is 7.00. The Balaban J connectivity index is 1.79. The number of carbonyl (C=O) groups excluding carboxylic acids is 1. The smallest absolute Gasteiger partial charge is 0.219 e. The minimum absolute atomic E-state index is 0.188. The normalized spacial score (nSPS) is 27.8. The van der Waals surface area contributed by atoms with Crippen molar-refractivity contribution in [2.45, 2.75) is 64.3 Å². The van der Waals surface area contributed by atoms with Crippen LogP contribution in [0.1, 0.15) is 58.3 Å². The maximum atomic E-state index is 11.7. The maximum Gasteiger partial charge on any atom is 0.219 e. The number of rotatable bonds is 6. The summed E-state index contributed by atoms with van der Waals surface area (Å²) in [4.78, 5) is 13.7. The third kappa shape index (κ3) is 5.59. The minimum atomic E-state index is 0.188. The van der Waals surface area contributed by atoms with Crippen LogP contribution in [0.25, 0.3) is 0 Å². The number of hydrogen-bond acceptors (Lipinski definition) is 3. The van der Waals surface area contributed by atoms with Gasteiger partial charge in [-0.05, 0) is 50.5 Å². The third-order valence-corrected chi connectivity index (χ3v) is 5.17. The molecule has 2 aliphatic rings. The summed E-state index contributed by atoms with van der Waals surface area (Å²) in [5.74, 6) is 1.56. The number of hydrogen-bond donors (Lipinski definition) is 2. The molecule has 21 heavy (non-hydrogen) atoms. The van der Waals surface area contributed by atoms with Crippen molar-refractivity contribution in [3.8, 4) is 0 Å². The largest absolute Gasteiger partial charge is 0.396 e. The van der Waals surface area contributed by atoms with E-state index in [0.717, 1.165) is 44.8 Å². The molecule has 1 aliphatic heterocycles. The maximum absolute atomic E-state index is 11.7. The van der Waals surface area contributed by atoms with Gasteiger partial charge in [-0.15, -0.1) is 0 Å². The molecule has 0 aromatic rings. The van der Waals surface area contributed by atoms with E-state index in [0.29, 0.717) is 12.0 Å². The Hall–Kier alpha value is -0.610. The molecular weight excluding hydrogens is 264 g/mol. The van der Waals surface area contributed by atoms with Gasteiger partial charge in [-0.3, -0.25) is 4.79 Å². The highest BCUT2D eigenvalue weighted by molar-refractivity contribution is 5.73. The van der Waals surface area contributed by atoms with Gasteiger partial charge in [-0.25, -0.2) is 0 Å². The molecule has 0 radical (unpaired) electrons. The monoisotopic (exact) mass is 296 g/mol. The Morgan fingerprint density at radius 1 is 1.19 bits per heavy atom. The van der Waals surface area contributed by atoms with E-state index in [1.165, 1.54) is 32.1 Å². The molecule has 122 valence electrons. The van der Waals surface area contributed by atoms with Gasteiger partial charge in [0.05, 0.1) is 0 Å². The van der Waals surface area contributed by atoms with Crippen molar-refractivity contribution in [1.82, 2.24) is 10.2 Å². The molecule has 0 spiro atoms. The minimum Gasteiger partial charge on any atom is -0.396 e. The number of amides is 1. The van der Waals surface area contributed by atoms with Gasteiger partial charge in [0, 0.05) is 32.7 Å². The molecule has 0 aromatic carbocycles. The van der Waals surface area contributed by atoms with Crippen molar-refractivity contribution in [2.24, 2.45) is 11.8 Å². The van der Waals surface area contributed by atoms with Crippen LogP contribution in [0.2, 0.25) is 0 Å². The fourth-order valence-corrected chi connectivity index (χ4v) is 3.92. The van der Waals surface area contributed by atoms with Gasteiger partial charge in [0.1, 0.15) is 0 Å². The van der Waals surface area contributed by atoms with E-state index in [4.69, 9.17) is 5.11 Å². The molecule has 2 N–H and O–H groups in total. The lowest BCUT2D eigenvalue weighted by Gasteiger charge is -2.38. The predicted octanol–water partition coefficient (Wildman–Crippen LogP) is 2.17. The molecule has 2 rings (SSSR count). The Morgan fingerprint density at radius 2 is 1.95 bits per heavy atom. The molecule has 2 atom stereocenters. The highest BCUT2D eigenvalue weighted by atomic mass is 16.2. The Labute approximate surface area is 129 Å². The number of likely N-dealkylation sites (tertiary alicyclic amines) is 1. The van der Waals surface area contributed by atoms with Crippen LogP contribution < -0.4 is 5.32 Å². The topological polar surface area (TPSA) is 52.6 Å². The molecule has 1 saturated carbocycles. The van der Waals surface area contributed by atoms with Gasteiger partial charge in [0.25, 0.3) is 0 Å². The molecule has 4 nitrogen and oxygen atoms in total. The SMILES string of the molecule is CC(=O)N1CC(CCCO)CC(NCC2CCCCC2)C1. The average molecular weight is 296 g/mol. The first-order chi connectivity index (χ1) is 10.2. The van der Waals surface area contributed by atoms with Crippen LogP contribution in [0.3, 0.4) is 0 Å². The lowest BCUT2D eigenvalue weighted by Crippen LogP contribution is -2.51. The molecule has 1 aliphatic carbocycles. The fourth-order valence-electron chi connectivity index (χ4n) is 3.92. The molecular formula is C17H32N2O2. The van der Waals surface area contributed by atoms with E-state index in [2.05, 4.69) is 5.32 Å². The van der Waals surface area contributed by atoms with E-state index in [9.17, 15) is 4.79 Å². The zero-order valence-corrected chi connectivity index (χ0v) is 13.5. The van der Waals surface area contributed by atoms with Crippen LogP contribution in [-0.2, 0) is 4.79 Å². The predicted molar refractivity (Wildman–Crippen MR) is 85.0 cm³/mol. The summed E-state index contributed by atoms with van der Waals surface area (Å²) in [6, 6.07) is 0.438. The average Bonchev–Trinajstić information content (AvgIpc) is 2.51. The zero-order valence-electron chi connectivity index (χ0n) is 13.5. The lowest BCUT2D eigenvalue weighted by atomic mass is 9.87. The van der Waals surface area contributed by atoms with E-state index >= 15 is 0 Å². The standard InChI is InChI=1S/C17H32N2O2/c1-14(21)19-12-16(8-5-9-20)10-17(13-19)18-11-15-6-3-2-4-7-15/h15-18,20H,2-13H2,1H3. The number of nitrogens with one attached hydrogen (secondary N) is 1. The van der Waals surface area contributed by atoms with E-state index in [1.807, 2.05) is 4.90 Å². The van der Waals surface area contributed by atoms with Gasteiger partial charge in [-0.2, -0.15) is 0 Å². The van der Waals surface area contributed by atoms with E-state index in [1.54, 1.807) is 6.92 Å². The van der Waals surface area contributed by atoms with E-state index < -0.39 is 0 Å².